The summed E-state index contributed by atoms with van der Waals surface area (Å²) in [6.45, 7) is 8.75. The van der Waals surface area contributed by atoms with Crippen LogP contribution < -0.4 is 0 Å². The SMILES string of the molecule is C.C.CCCCCCCC.Cc1ccc(Cc2ccc(C)cc2)cc1. The monoisotopic (exact) mass is 342 g/mol. The van der Waals surface area contributed by atoms with Gasteiger partial charge in [0.15, 0.2) is 0 Å². The molecule has 2 aromatic rings. The maximum absolute atomic E-state index is 2.26. The number of rotatable bonds is 7. The van der Waals surface area contributed by atoms with E-state index in [-0.39, 0.29) is 14.9 Å². The molecule has 0 amide bonds. The van der Waals surface area contributed by atoms with Gasteiger partial charge in [-0.15, -0.1) is 0 Å². The van der Waals surface area contributed by atoms with Crippen molar-refractivity contribution in [3.63, 3.8) is 0 Å². The van der Waals surface area contributed by atoms with Gasteiger partial charge in [-0.3, -0.25) is 0 Å². The van der Waals surface area contributed by atoms with Crippen molar-refractivity contribution in [2.75, 3.05) is 0 Å². The topological polar surface area (TPSA) is 0 Å². The molecule has 2 rings (SSSR count). The average Bonchev–Trinajstić information content (AvgIpc) is 2.57. The predicted octanol–water partition coefficient (Wildman–Crippen LogP) is 8.53. The Kier molecular flexibility index (Phi) is 16.4. The second-order valence-corrected chi connectivity index (χ2v) is 6.56. The summed E-state index contributed by atoms with van der Waals surface area (Å²) in [4.78, 5) is 0. The van der Waals surface area contributed by atoms with Crippen molar-refractivity contribution in [1.29, 1.82) is 0 Å². The molecule has 0 N–H and O–H groups in total. The van der Waals surface area contributed by atoms with Crippen LogP contribution in [-0.4, -0.2) is 0 Å². The van der Waals surface area contributed by atoms with Crippen LogP contribution >= 0.6 is 0 Å². The first-order valence-corrected chi connectivity index (χ1v) is 9.26. The third-order valence-electron chi connectivity index (χ3n) is 4.11. The summed E-state index contributed by atoms with van der Waals surface area (Å²) < 4.78 is 0. The van der Waals surface area contributed by atoms with E-state index in [1.165, 1.54) is 60.8 Å². The summed E-state index contributed by atoms with van der Waals surface area (Å²) in [7, 11) is 0. The molecule has 2 aromatic carbocycles. The maximum Gasteiger partial charge on any atom is -0.00258 e. The Morgan fingerprint density at radius 3 is 1.12 bits per heavy atom. The average molecular weight is 343 g/mol. The highest BCUT2D eigenvalue weighted by Crippen LogP contribution is 2.11. The molecule has 0 unspecified atom stereocenters. The third kappa shape index (κ3) is 12.5. The normalized spacial score (nSPS) is 9.28. The lowest BCUT2D eigenvalue weighted by Gasteiger charge is -2.03. The molecular weight excluding hydrogens is 300 g/mol. The zero-order valence-corrected chi connectivity index (χ0v) is 15.6. The fraction of sp³-hybridized carbons (Fsp3) is 0.520. The molecule has 0 aliphatic carbocycles. The summed E-state index contributed by atoms with van der Waals surface area (Å²) >= 11 is 0. The quantitative estimate of drug-likeness (QED) is 0.442. The van der Waals surface area contributed by atoms with E-state index in [0.717, 1.165) is 6.42 Å². The smallest absolute Gasteiger partial charge is 0.00258 e. The van der Waals surface area contributed by atoms with Gasteiger partial charge >= 0.3 is 0 Å². The van der Waals surface area contributed by atoms with Crippen LogP contribution in [0.3, 0.4) is 0 Å². The molecule has 0 atom stereocenters. The Bertz CT molecular complexity index is 455. The summed E-state index contributed by atoms with van der Waals surface area (Å²) in [5, 5.41) is 0. The summed E-state index contributed by atoms with van der Waals surface area (Å²) in [5.74, 6) is 0. The second kappa shape index (κ2) is 15.9. The molecule has 142 valence electrons. The van der Waals surface area contributed by atoms with Crippen LogP contribution in [0.25, 0.3) is 0 Å². The van der Waals surface area contributed by atoms with Gasteiger partial charge in [-0.1, -0.05) is 127 Å². The molecular formula is C25H42. The number of aryl methyl sites for hydroxylation is 2. The molecule has 0 bridgehead atoms. The van der Waals surface area contributed by atoms with Gasteiger partial charge in [0.1, 0.15) is 0 Å². The van der Waals surface area contributed by atoms with Crippen LogP contribution in [0.4, 0.5) is 0 Å². The van der Waals surface area contributed by atoms with Gasteiger partial charge in [-0.05, 0) is 31.4 Å². The zero-order chi connectivity index (χ0) is 16.9. The van der Waals surface area contributed by atoms with Gasteiger partial charge in [-0.2, -0.15) is 0 Å². The van der Waals surface area contributed by atoms with Gasteiger partial charge in [-0.25, -0.2) is 0 Å². The number of unbranched alkanes of at least 4 members (excludes halogenated alkanes) is 5. The molecule has 0 aromatic heterocycles. The van der Waals surface area contributed by atoms with Crippen molar-refractivity contribution in [1.82, 2.24) is 0 Å². The third-order valence-corrected chi connectivity index (χ3v) is 4.11. The minimum Gasteiger partial charge on any atom is -0.0776 e. The van der Waals surface area contributed by atoms with Crippen LogP contribution in [-0.2, 0) is 6.42 Å². The second-order valence-electron chi connectivity index (χ2n) is 6.56. The fourth-order valence-electron chi connectivity index (χ4n) is 2.50. The van der Waals surface area contributed by atoms with Crippen LogP contribution in [0.15, 0.2) is 48.5 Å². The van der Waals surface area contributed by atoms with Crippen molar-refractivity contribution in [3.8, 4) is 0 Å². The molecule has 0 saturated heterocycles. The predicted molar refractivity (Wildman–Crippen MR) is 118 cm³/mol. The van der Waals surface area contributed by atoms with E-state index in [2.05, 4.69) is 76.2 Å². The molecule has 0 saturated carbocycles. The number of hydrogen-bond donors (Lipinski definition) is 0. The van der Waals surface area contributed by atoms with E-state index < -0.39 is 0 Å². The van der Waals surface area contributed by atoms with Crippen LogP contribution in [0.2, 0.25) is 0 Å². The first-order valence-electron chi connectivity index (χ1n) is 9.26. The Morgan fingerprint density at radius 1 is 0.520 bits per heavy atom. The summed E-state index contributed by atoms with van der Waals surface area (Å²) in [5.41, 5.74) is 5.40. The minimum atomic E-state index is 0. The number of benzene rings is 2. The molecule has 0 fully saturated rings. The van der Waals surface area contributed by atoms with Crippen molar-refractivity contribution in [2.24, 2.45) is 0 Å². The molecule has 0 heteroatoms. The van der Waals surface area contributed by atoms with E-state index in [4.69, 9.17) is 0 Å². The van der Waals surface area contributed by atoms with Gasteiger partial charge < -0.3 is 0 Å². The van der Waals surface area contributed by atoms with Crippen molar-refractivity contribution < 1.29 is 0 Å². The molecule has 0 aliphatic heterocycles. The van der Waals surface area contributed by atoms with Gasteiger partial charge in [0.05, 0.1) is 0 Å². The summed E-state index contributed by atoms with van der Waals surface area (Å²) in [6.07, 6.45) is 9.52. The molecule has 0 radical (unpaired) electrons. The van der Waals surface area contributed by atoms with E-state index >= 15 is 0 Å². The lowest BCUT2D eigenvalue weighted by molar-refractivity contribution is 0.624. The first kappa shape index (κ1) is 25.7. The molecule has 0 spiro atoms. The largest absolute Gasteiger partial charge is 0.0776 e. The van der Waals surface area contributed by atoms with Crippen LogP contribution in [0.1, 0.15) is 89.5 Å². The highest BCUT2D eigenvalue weighted by atomic mass is 14.0. The van der Waals surface area contributed by atoms with E-state index in [1.807, 2.05) is 0 Å². The van der Waals surface area contributed by atoms with Crippen LogP contribution in [0, 0.1) is 13.8 Å². The van der Waals surface area contributed by atoms with Gasteiger partial charge in [0.2, 0.25) is 0 Å². The van der Waals surface area contributed by atoms with Gasteiger partial charge in [0.25, 0.3) is 0 Å². The van der Waals surface area contributed by atoms with E-state index in [1.54, 1.807) is 0 Å². The van der Waals surface area contributed by atoms with Crippen LogP contribution in [0.5, 0.6) is 0 Å². The van der Waals surface area contributed by atoms with Crippen molar-refractivity contribution in [2.45, 2.75) is 87.5 Å². The lowest BCUT2D eigenvalue weighted by Crippen LogP contribution is -1.88. The van der Waals surface area contributed by atoms with E-state index in [0.29, 0.717) is 0 Å². The standard InChI is InChI=1S/C15H16.C8H18.2CH4/c1-12-3-7-14(8-4-12)11-15-9-5-13(2)6-10-15;1-3-5-7-8-6-4-2;;/h3-10H,11H2,1-2H3;3-8H2,1-2H3;2*1H4. The lowest BCUT2D eigenvalue weighted by atomic mass is 10.0. The zero-order valence-electron chi connectivity index (χ0n) is 15.6. The number of hydrogen-bond acceptors (Lipinski definition) is 0. The Labute approximate surface area is 158 Å². The van der Waals surface area contributed by atoms with Crippen molar-refractivity contribution >= 4 is 0 Å². The Morgan fingerprint density at radius 2 is 0.840 bits per heavy atom. The Balaban J connectivity index is 0. The molecule has 0 aliphatic rings. The fourth-order valence-corrected chi connectivity index (χ4v) is 2.50. The maximum atomic E-state index is 2.26. The molecule has 25 heavy (non-hydrogen) atoms. The van der Waals surface area contributed by atoms with Gasteiger partial charge in [0, 0.05) is 0 Å². The van der Waals surface area contributed by atoms with Crippen molar-refractivity contribution in [3.05, 3.63) is 70.8 Å². The molecule has 0 heterocycles. The minimum absolute atomic E-state index is 0. The molecule has 0 nitrogen and oxygen atoms in total. The first-order chi connectivity index (χ1) is 11.2. The highest BCUT2D eigenvalue weighted by Gasteiger charge is 1.95. The highest BCUT2D eigenvalue weighted by molar-refractivity contribution is 5.29. The summed E-state index contributed by atoms with van der Waals surface area (Å²) in [6, 6.07) is 17.5. The Hall–Kier alpha value is -1.56. The van der Waals surface area contributed by atoms with E-state index in [9.17, 15) is 0 Å².